The number of hydrogen-bond acceptors (Lipinski definition) is 5. The molecule has 2 aliphatic rings. The monoisotopic (exact) mass is 523 g/mol. The highest BCUT2D eigenvalue weighted by molar-refractivity contribution is 6.32. The van der Waals surface area contributed by atoms with Gasteiger partial charge in [-0.05, 0) is 64.9 Å². The van der Waals surface area contributed by atoms with Gasteiger partial charge in [0.2, 0.25) is 0 Å². The van der Waals surface area contributed by atoms with E-state index in [0.717, 1.165) is 51.6 Å². The Bertz CT molecular complexity index is 1790. The van der Waals surface area contributed by atoms with Gasteiger partial charge in [0, 0.05) is 31.0 Å². The molecule has 1 atom stereocenters. The maximum absolute atomic E-state index is 13.4. The molecule has 1 aliphatic heterocycles. The second-order valence-electron chi connectivity index (χ2n) is 10.2. The Morgan fingerprint density at radius 2 is 1.87 bits per heavy atom. The zero-order valence-corrected chi connectivity index (χ0v) is 21.7. The fourth-order valence-electron chi connectivity index (χ4n) is 5.64. The maximum Gasteiger partial charge on any atom is 0.251 e. The van der Waals surface area contributed by atoms with Crippen LogP contribution in [0.5, 0.6) is 5.75 Å². The van der Waals surface area contributed by atoms with Crippen LogP contribution in [0.2, 0.25) is 5.02 Å². The molecule has 6 bridgehead atoms. The van der Waals surface area contributed by atoms with Crippen molar-refractivity contribution in [2.75, 3.05) is 6.61 Å². The summed E-state index contributed by atoms with van der Waals surface area (Å²) in [7, 11) is 1.88. The van der Waals surface area contributed by atoms with Crippen LogP contribution in [0.25, 0.3) is 22.0 Å². The Balaban J connectivity index is 1.60. The van der Waals surface area contributed by atoms with Gasteiger partial charge in [-0.1, -0.05) is 48.0 Å². The summed E-state index contributed by atoms with van der Waals surface area (Å²) in [5.74, 6) is 1.15. The SMILES string of the molecule is Cn1cnnc1[C@@]1(N)c2ccc(Cl)c(c2)OCCc2cccc(c2)-c2cc(=O)n(C3CC3)c3ccc1cc23. The summed E-state index contributed by atoms with van der Waals surface area (Å²) < 4.78 is 9.92. The quantitative estimate of drug-likeness (QED) is 0.353. The highest BCUT2D eigenvalue weighted by Crippen LogP contribution is 2.42. The van der Waals surface area contributed by atoms with E-state index in [4.69, 9.17) is 22.1 Å². The molecule has 5 aromatic rings. The number of fused-ring (bicyclic) bond motifs is 6. The molecular weight excluding hydrogens is 498 g/mol. The lowest BCUT2D eigenvalue weighted by Crippen LogP contribution is -2.41. The summed E-state index contributed by atoms with van der Waals surface area (Å²) in [6.07, 6.45) is 4.36. The molecule has 38 heavy (non-hydrogen) atoms. The molecule has 1 saturated carbocycles. The van der Waals surface area contributed by atoms with Gasteiger partial charge in [0.25, 0.3) is 5.56 Å². The molecule has 0 radical (unpaired) electrons. The first kappa shape index (κ1) is 23.2. The molecule has 0 amide bonds. The van der Waals surface area contributed by atoms with Crippen LogP contribution in [-0.2, 0) is 19.0 Å². The molecular formula is C30H26ClN5O2. The molecule has 0 saturated heterocycles. The number of pyridine rings is 1. The lowest BCUT2D eigenvalue weighted by atomic mass is 9.81. The molecule has 8 heteroatoms. The second-order valence-corrected chi connectivity index (χ2v) is 10.7. The van der Waals surface area contributed by atoms with Crippen molar-refractivity contribution in [2.24, 2.45) is 12.8 Å². The minimum atomic E-state index is -1.16. The number of nitrogens with two attached hydrogens (primary N) is 1. The Morgan fingerprint density at radius 1 is 1.05 bits per heavy atom. The Kier molecular flexibility index (Phi) is 5.22. The number of nitrogens with zero attached hydrogens (tertiary/aromatic N) is 4. The van der Waals surface area contributed by atoms with Gasteiger partial charge in [0.1, 0.15) is 17.6 Å². The minimum Gasteiger partial charge on any atom is -0.492 e. The average Bonchev–Trinajstić information content (AvgIpc) is 3.66. The zero-order valence-electron chi connectivity index (χ0n) is 20.9. The number of rotatable bonds is 2. The topological polar surface area (TPSA) is 88.0 Å². The van der Waals surface area contributed by atoms with E-state index in [1.54, 1.807) is 12.4 Å². The largest absolute Gasteiger partial charge is 0.492 e. The number of halogens is 1. The molecule has 2 N–H and O–H groups in total. The highest BCUT2D eigenvalue weighted by atomic mass is 35.5. The van der Waals surface area contributed by atoms with Gasteiger partial charge in [0.15, 0.2) is 5.82 Å². The normalized spacial score (nSPS) is 18.8. The van der Waals surface area contributed by atoms with Gasteiger partial charge in [0.05, 0.1) is 17.1 Å². The van der Waals surface area contributed by atoms with Crippen LogP contribution in [0.15, 0.2) is 77.9 Å². The van der Waals surface area contributed by atoms with Crippen molar-refractivity contribution >= 4 is 22.5 Å². The third-order valence-corrected chi connectivity index (χ3v) is 8.07. The van der Waals surface area contributed by atoms with Gasteiger partial charge in [-0.25, -0.2) is 0 Å². The Labute approximate surface area is 224 Å². The summed E-state index contributed by atoms with van der Waals surface area (Å²) >= 11 is 6.55. The third kappa shape index (κ3) is 3.57. The number of aryl methyl sites for hydroxylation is 1. The molecule has 1 fully saturated rings. The predicted molar refractivity (Wildman–Crippen MR) is 148 cm³/mol. The lowest BCUT2D eigenvalue weighted by Gasteiger charge is -2.31. The summed E-state index contributed by atoms with van der Waals surface area (Å²) in [5.41, 5.74) is 11.7. The third-order valence-electron chi connectivity index (χ3n) is 7.76. The first-order chi connectivity index (χ1) is 18.4. The standard InChI is InChI=1S/C30H26ClN5O2/c1-35-17-33-34-29(35)30(32)20-6-10-26-24(14-20)23(16-28(37)36(26)22-7-8-22)19-4-2-3-18(13-19)11-12-38-27-15-21(30)5-9-25(27)31/h2-6,9-10,13-17,22H,7-8,11-12,32H2,1H3/t30-/m0/s1. The average molecular weight is 524 g/mol. The molecule has 3 aromatic carbocycles. The Morgan fingerprint density at radius 3 is 2.66 bits per heavy atom. The van der Waals surface area contributed by atoms with Crippen molar-refractivity contribution in [1.29, 1.82) is 0 Å². The van der Waals surface area contributed by atoms with Crippen molar-refractivity contribution in [2.45, 2.75) is 30.8 Å². The zero-order chi connectivity index (χ0) is 26.0. The van der Waals surface area contributed by atoms with Gasteiger partial charge < -0.3 is 19.6 Å². The fraction of sp³-hybridized carbons (Fsp3) is 0.233. The number of aromatic nitrogens is 4. The van der Waals surface area contributed by atoms with Crippen LogP contribution < -0.4 is 16.0 Å². The molecule has 2 aromatic heterocycles. The fourth-order valence-corrected chi connectivity index (χ4v) is 5.81. The van der Waals surface area contributed by atoms with E-state index in [1.807, 2.05) is 52.6 Å². The summed E-state index contributed by atoms with van der Waals surface area (Å²) in [5, 5.41) is 10.1. The van der Waals surface area contributed by atoms with E-state index in [9.17, 15) is 4.79 Å². The molecule has 0 spiro atoms. The van der Waals surface area contributed by atoms with E-state index in [0.29, 0.717) is 29.6 Å². The van der Waals surface area contributed by atoms with E-state index in [1.165, 1.54) is 0 Å². The highest BCUT2D eigenvalue weighted by Gasteiger charge is 2.38. The van der Waals surface area contributed by atoms with Crippen LogP contribution in [0, 0.1) is 0 Å². The molecule has 7 nitrogen and oxygen atoms in total. The van der Waals surface area contributed by atoms with Crippen molar-refractivity contribution in [3.8, 4) is 16.9 Å². The van der Waals surface area contributed by atoms with Crippen LogP contribution in [-0.4, -0.2) is 25.9 Å². The number of ether oxygens (including phenoxy) is 1. The predicted octanol–water partition coefficient (Wildman–Crippen LogP) is 4.97. The van der Waals surface area contributed by atoms with E-state index in [-0.39, 0.29) is 11.6 Å². The van der Waals surface area contributed by atoms with Crippen LogP contribution in [0.1, 0.15) is 41.4 Å². The van der Waals surface area contributed by atoms with Gasteiger partial charge in [-0.3, -0.25) is 4.79 Å². The van der Waals surface area contributed by atoms with Crippen LogP contribution in [0.3, 0.4) is 0 Å². The van der Waals surface area contributed by atoms with Crippen LogP contribution in [0.4, 0.5) is 0 Å². The smallest absolute Gasteiger partial charge is 0.251 e. The van der Waals surface area contributed by atoms with E-state index in [2.05, 4.69) is 34.5 Å². The van der Waals surface area contributed by atoms with Crippen LogP contribution >= 0.6 is 11.6 Å². The minimum absolute atomic E-state index is 0.0206. The summed E-state index contributed by atoms with van der Waals surface area (Å²) in [4.78, 5) is 13.4. The molecule has 3 heterocycles. The van der Waals surface area contributed by atoms with Crippen molar-refractivity contribution < 1.29 is 4.74 Å². The van der Waals surface area contributed by atoms with Gasteiger partial charge in [-0.15, -0.1) is 10.2 Å². The van der Waals surface area contributed by atoms with Gasteiger partial charge in [-0.2, -0.15) is 0 Å². The number of benzene rings is 3. The first-order valence-electron chi connectivity index (χ1n) is 12.8. The summed E-state index contributed by atoms with van der Waals surface area (Å²) in [6.45, 7) is 0.443. The maximum atomic E-state index is 13.4. The van der Waals surface area contributed by atoms with E-state index < -0.39 is 5.54 Å². The van der Waals surface area contributed by atoms with Crippen molar-refractivity contribution in [3.05, 3.63) is 111 Å². The van der Waals surface area contributed by atoms with Gasteiger partial charge >= 0.3 is 0 Å². The molecule has 0 unspecified atom stereocenters. The van der Waals surface area contributed by atoms with E-state index >= 15 is 0 Å². The molecule has 190 valence electrons. The molecule has 7 rings (SSSR count). The number of hydrogen-bond donors (Lipinski definition) is 1. The van der Waals surface area contributed by atoms with Crippen molar-refractivity contribution in [3.63, 3.8) is 0 Å². The first-order valence-corrected chi connectivity index (χ1v) is 13.2. The van der Waals surface area contributed by atoms with Crippen molar-refractivity contribution in [1.82, 2.24) is 19.3 Å². The second kappa shape index (κ2) is 8.55. The summed E-state index contributed by atoms with van der Waals surface area (Å²) in [6, 6.07) is 22.0. The lowest BCUT2D eigenvalue weighted by molar-refractivity contribution is 0.321. The Hall–Kier alpha value is -3.94. The molecule has 1 aliphatic carbocycles.